The van der Waals surface area contributed by atoms with Crippen LogP contribution in [0.3, 0.4) is 0 Å². The summed E-state index contributed by atoms with van der Waals surface area (Å²) in [6.45, 7) is 0. The lowest BCUT2D eigenvalue weighted by Gasteiger charge is -2.34. The van der Waals surface area contributed by atoms with Gasteiger partial charge in [0, 0.05) is 25.5 Å². The Labute approximate surface area is 156 Å². The van der Waals surface area contributed by atoms with E-state index < -0.39 is 12.1 Å². The molecule has 2 fully saturated rings. The van der Waals surface area contributed by atoms with Crippen molar-refractivity contribution in [3.63, 3.8) is 0 Å². The van der Waals surface area contributed by atoms with Gasteiger partial charge in [-0.15, -0.1) is 0 Å². The van der Waals surface area contributed by atoms with Crippen LogP contribution in [-0.2, 0) is 11.8 Å². The normalized spacial score (nSPS) is 28.8. The number of halogens is 1. The smallest absolute Gasteiger partial charge is 0.229 e. The fourth-order valence-electron chi connectivity index (χ4n) is 4.19. The highest BCUT2D eigenvalue weighted by Gasteiger charge is 2.50. The van der Waals surface area contributed by atoms with Crippen LogP contribution >= 0.6 is 0 Å². The van der Waals surface area contributed by atoms with Gasteiger partial charge in [0.2, 0.25) is 11.9 Å². The van der Waals surface area contributed by atoms with Crippen molar-refractivity contribution >= 4 is 23.1 Å². The third kappa shape index (κ3) is 2.98. The monoisotopic (exact) mass is 368 g/mol. The molecule has 3 aliphatic rings. The minimum Gasteiger partial charge on any atom is -0.333 e. The number of carbonyl (C=O) groups excluding carboxylic acids is 1. The first kappa shape index (κ1) is 16.4. The first-order valence-corrected chi connectivity index (χ1v) is 9.34. The molecule has 2 aliphatic heterocycles. The van der Waals surface area contributed by atoms with Crippen molar-refractivity contribution < 1.29 is 9.18 Å². The molecule has 1 saturated heterocycles. The van der Waals surface area contributed by atoms with E-state index in [9.17, 15) is 9.18 Å². The molecule has 1 unspecified atom stereocenters. The maximum atomic E-state index is 13.3. The molecule has 2 aromatic rings. The Bertz CT molecular complexity index is 924. The second-order valence-corrected chi connectivity index (χ2v) is 7.59. The van der Waals surface area contributed by atoms with Gasteiger partial charge in [-0.3, -0.25) is 9.48 Å². The molecule has 4 atom stereocenters. The van der Waals surface area contributed by atoms with Gasteiger partial charge in [0.25, 0.3) is 0 Å². The van der Waals surface area contributed by atoms with Gasteiger partial charge in [0.1, 0.15) is 6.17 Å². The summed E-state index contributed by atoms with van der Waals surface area (Å²) in [5.41, 5.74) is 2.83. The highest BCUT2D eigenvalue weighted by atomic mass is 19.1. The molecule has 2 bridgehead atoms. The maximum Gasteiger partial charge on any atom is 0.229 e. The minimum absolute atomic E-state index is 0.00748. The molecule has 2 aromatic heterocycles. The summed E-state index contributed by atoms with van der Waals surface area (Å²) in [6, 6.07) is 2.11. The standard InChI is InChI=1S/C19H21FN6O/c1-25-10-12(9-22-25)23-19-21-5-4-17(24-19)11-6-13-2-3-14(7-11)26(13)18(27)15-8-16(15)20/h4-6,9-10,13-16H,2-3,7-8H2,1H3,(H,21,23,24)/t13-,14+,15?,16-/m1/s1. The maximum absolute atomic E-state index is 13.3. The number of aromatic nitrogens is 4. The molecular weight excluding hydrogens is 347 g/mol. The topological polar surface area (TPSA) is 75.9 Å². The van der Waals surface area contributed by atoms with Crippen molar-refractivity contribution in [1.29, 1.82) is 0 Å². The summed E-state index contributed by atoms with van der Waals surface area (Å²) in [5.74, 6) is 0.106. The van der Waals surface area contributed by atoms with Crippen molar-refractivity contribution in [3.8, 4) is 0 Å². The summed E-state index contributed by atoms with van der Waals surface area (Å²) in [7, 11) is 1.85. The Morgan fingerprint density at radius 1 is 1.37 bits per heavy atom. The molecule has 140 valence electrons. The molecule has 1 N–H and O–H groups in total. The molecule has 7 nitrogen and oxygen atoms in total. The zero-order valence-electron chi connectivity index (χ0n) is 15.0. The van der Waals surface area contributed by atoms with Gasteiger partial charge in [-0.25, -0.2) is 14.4 Å². The van der Waals surface area contributed by atoms with Gasteiger partial charge < -0.3 is 10.2 Å². The number of anilines is 2. The van der Waals surface area contributed by atoms with Crippen LogP contribution in [0.2, 0.25) is 0 Å². The number of amides is 1. The molecule has 8 heteroatoms. The summed E-state index contributed by atoms with van der Waals surface area (Å²) >= 11 is 0. The highest BCUT2D eigenvalue weighted by Crippen LogP contribution is 2.43. The van der Waals surface area contributed by atoms with Crippen LogP contribution in [0.15, 0.2) is 30.7 Å². The Morgan fingerprint density at radius 2 is 2.22 bits per heavy atom. The van der Waals surface area contributed by atoms with Crippen LogP contribution in [0.5, 0.6) is 0 Å². The van der Waals surface area contributed by atoms with Gasteiger partial charge in [-0.05, 0) is 37.3 Å². The first-order valence-electron chi connectivity index (χ1n) is 9.34. The fraction of sp³-hybridized carbons (Fsp3) is 0.474. The Balaban J connectivity index is 1.36. The predicted octanol–water partition coefficient (Wildman–Crippen LogP) is 2.46. The second-order valence-electron chi connectivity index (χ2n) is 7.59. The number of nitrogens with zero attached hydrogens (tertiary/aromatic N) is 5. The number of aryl methyl sites for hydroxylation is 1. The predicted molar refractivity (Wildman–Crippen MR) is 97.8 cm³/mol. The van der Waals surface area contributed by atoms with E-state index in [0.29, 0.717) is 12.4 Å². The van der Waals surface area contributed by atoms with Gasteiger partial charge in [-0.1, -0.05) is 6.08 Å². The lowest BCUT2D eigenvalue weighted by Crippen LogP contribution is -2.44. The van der Waals surface area contributed by atoms with Crippen LogP contribution in [-0.4, -0.2) is 48.8 Å². The van der Waals surface area contributed by atoms with E-state index in [0.717, 1.165) is 36.2 Å². The SMILES string of the molecule is Cn1cc(Nc2nccc(C3=C[C@H]4CC[C@@H](C3)N4C(=O)C3C[C@H]3F)n2)cn1. The average Bonchev–Trinajstić information content (AvgIpc) is 3.16. The summed E-state index contributed by atoms with van der Waals surface area (Å²) < 4.78 is 15.0. The van der Waals surface area contributed by atoms with Crippen molar-refractivity contribution in [2.24, 2.45) is 13.0 Å². The highest BCUT2D eigenvalue weighted by molar-refractivity contribution is 5.84. The summed E-state index contributed by atoms with van der Waals surface area (Å²) in [4.78, 5) is 23.4. The number of hydrogen-bond donors (Lipinski definition) is 1. The van der Waals surface area contributed by atoms with E-state index in [1.54, 1.807) is 17.1 Å². The number of nitrogens with one attached hydrogen (secondary N) is 1. The molecule has 1 saturated carbocycles. The molecule has 0 aromatic carbocycles. The quantitative estimate of drug-likeness (QED) is 0.897. The zero-order chi connectivity index (χ0) is 18.5. The van der Waals surface area contributed by atoms with E-state index in [2.05, 4.69) is 26.5 Å². The van der Waals surface area contributed by atoms with Crippen LogP contribution < -0.4 is 5.32 Å². The van der Waals surface area contributed by atoms with Crippen molar-refractivity contribution in [2.45, 2.75) is 43.9 Å². The van der Waals surface area contributed by atoms with E-state index in [4.69, 9.17) is 0 Å². The molecule has 0 radical (unpaired) electrons. The van der Waals surface area contributed by atoms with Crippen LogP contribution in [0, 0.1) is 5.92 Å². The third-order valence-corrected chi connectivity index (χ3v) is 5.63. The molecule has 27 heavy (non-hydrogen) atoms. The summed E-state index contributed by atoms with van der Waals surface area (Å²) in [6.07, 6.45) is 9.56. The number of rotatable bonds is 4. The molecule has 0 spiro atoms. The average molecular weight is 368 g/mol. The van der Waals surface area contributed by atoms with Crippen LogP contribution in [0.1, 0.15) is 31.4 Å². The zero-order valence-corrected chi connectivity index (χ0v) is 15.0. The number of hydrogen-bond acceptors (Lipinski definition) is 5. The van der Waals surface area contributed by atoms with Gasteiger partial charge >= 0.3 is 0 Å². The van der Waals surface area contributed by atoms with Crippen LogP contribution in [0.4, 0.5) is 16.0 Å². The molecule has 1 amide bonds. The van der Waals surface area contributed by atoms with Crippen molar-refractivity contribution in [3.05, 3.63) is 36.4 Å². The largest absolute Gasteiger partial charge is 0.333 e. The van der Waals surface area contributed by atoms with Crippen molar-refractivity contribution in [1.82, 2.24) is 24.6 Å². The van der Waals surface area contributed by atoms with E-state index >= 15 is 0 Å². The number of carbonyl (C=O) groups is 1. The lowest BCUT2D eigenvalue weighted by molar-refractivity contribution is -0.135. The van der Waals surface area contributed by atoms with Gasteiger partial charge in [0.05, 0.1) is 29.5 Å². The second kappa shape index (κ2) is 6.14. The summed E-state index contributed by atoms with van der Waals surface area (Å²) in [5, 5.41) is 7.28. The van der Waals surface area contributed by atoms with Crippen LogP contribution in [0.25, 0.3) is 5.57 Å². The first-order chi connectivity index (χ1) is 13.1. The van der Waals surface area contributed by atoms with Gasteiger partial charge in [0.15, 0.2) is 0 Å². The van der Waals surface area contributed by atoms with E-state index in [1.165, 1.54) is 0 Å². The molecule has 5 rings (SSSR count). The fourth-order valence-corrected chi connectivity index (χ4v) is 4.19. The van der Waals surface area contributed by atoms with Gasteiger partial charge in [-0.2, -0.15) is 5.10 Å². The van der Waals surface area contributed by atoms with Crippen molar-refractivity contribution in [2.75, 3.05) is 5.32 Å². The van der Waals surface area contributed by atoms with E-state index in [-0.39, 0.29) is 18.0 Å². The Hall–Kier alpha value is -2.77. The lowest BCUT2D eigenvalue weighted by atomic mass is 9.98. The Morgan fingerprint density at radius 3 is 2.93 bits per heavy atom. The molecule has 4 heterocycles. The minimum atomic E-state index is -0.940. The number of fused-ring (bicyclic) bond motifs is 2. The van der Waals surface area contributed by atoms with E-state index in [1.807, 2.05) is 24.2 Å². The molecule has 1 aliphatic carbocycles. The third-order valence-electron chi connectivity index (χ3n) is 5.63. The molecular formula is C19H21FN6O. The Kier molecular flexibility index (Phi) is 3.73. The number of alkyl halides is 1.